The highest BCUT2D eigenvalue weighted by molar-refractivity contribution is 7.88. The zero-order valence-corrected chi connectivity index (χ0v) is 7.49. The first-order valence-electron chi connectivity index (χ1n) is 3.45. The first-order valence-corrected chi connectivity index (χ1v) is 5.30. The van der Waals surface area contributed by atoms with E-state index in [0.717, 1.165) is 6.26 Å². The Morgan fingerprint density at radius 1 is 1.55 bits per heavy atom. The summed E-state index contributed by atoms with van der Waals surface area (Å²) in [6.45, 7) is 1.75. The molecule has 1 atom stereocenters. The SMILES string of the molecule is CC1(F)CCN(S(C)(=O)=O)C1. The second-order valence-electron chi connectivity index (χ2n) is 3.26. The Morgan fingerprint density at radius 3 is 2.27 bits per heavy atom. The maximum atomic E-state index is 13.1. The van der Waals surface area contributed by atoms with Crippen LogP contribution in [0.1, 0.15) is 13.3 Å². The minimum absolute atomic E-state index is 0.00579. The molecule has 0 amide bonds. The molecular weight excluding hydrogens is 169 g/mol. The van der Waals surface area contributed by atoms with Crippen molar-refractivity contribution < 1.29 is 12.8 Å². The summed E-state index contributed by atoms with van der Waals surface area (Å²) in [4.78, 5) is 0. The van der Waals surface area contributed by atoms with Gasteiger partial charge in [0.2, 0.25) is 10.0 Å². The highest BCUT2D eigenvalue weighted by atomic mass is 32.2. The van der Waals surface area contributed by atoms with E-state index in [2.05, 4.69) is 0 Å². The van der Waals surface area contributed by atoms with E-state index in [1.807, 2.05) is 0 Å². The van der Waals surface area contributed by atoms with Crippen LogP contribution in [0.15, 0.2) is 0 Å². The molecule has 1 unspecified atom stereocenters. The summed E-state index contributed by atoms with van der Waals surface area (Å²) < 4.78 is 36.0. The van der Waals surface area contributed by atoms with Crippen LogP contribution in [0.4, 0.5) is 4.39 Å². The van der Waals surface area contributed by atoms with Crippen LogP contribution in [0.25, 0.3) is 0 Å². The first kappa shape index (κ1) is 8.93. The Hall–Kier alpha value is -0.160. The molecule has 1 rings (SSSR count). The van der Waals surface area contributed by atoms with Crippen molar-refractivity contribution in [3.63, 3.8) is 0 Å². The number of alkyl halides is 1. The third-order valence-corrected chi connectivity index (χ3v) is 3.11. The van der Waals surface area contributed by atoms with Crippen LogP contribution in [0.3, 0.4) is 0 Å². The smallest absolute Gasteiger partial charge is 0.211 e. The minimum atomic E-state index is -3.18. The largest absolute Gasteiger partial charge is 0.243 e. The van der Waals surface area contributed by atoms with Crippen molar-refractivity contribution in [2.24, 2.45) is 0 Å². The predicted octanol–water partition coefficient (Wildman–Crippen LogP) is 0.380. The fourth-order valence-corrected chi connectivity index (χ4v) is 2.09. The van der Waals surface area contributed by atoms with Crippen LogP contribution < -0.4 is 0 Å². The summed E-state index contributed by atoms with van der Waals surface area (Å²) in [5, 5.41) is 0. The van der Waals surface area contributed by atoms with Gasteiger partial charge in [0.05, 0.1) is 6.26 Å². The molecule has 0 spiro atoms. The number of hydrogen-bond donors (Lipinski definition) is 0. The van der Waals surface area contributed by atoms with Crippen LogP contribution >= 0.6 is 0 Å². The molecule has 0 aliphatic carbocycles. The van der Waals surface area contributed by atoms with Gasteiger partial charge in [-0.3, -0.25) is 0 Å². The summed E-state index contributed by atoms with van der Waals surface area (Å²) in [5.41, 5.74) is -1.33. The lowest BCUT2D eigenvalue weighted by atomic mass is 10.1. The average molecular weight is 181 g/mol. The Morgan fingerprint density at radius 2 is 2.09 bits per heavy atom. The number of rotatable bonds is 1. The van der Waals surface area contributed by atoms with E-state index in [1.165, 1.54) is 11.2 Å². The molecule has 0 radical (unpaired) electrons. The van der Waals surface area contributed by atoms with Gasteiger partial charge in [0.25, 0.3) is 0 Å². The molecule has 0 aromatic heterocycles. The standard InChI is InChI=1S/C6H12FNO2S/c1-6(7)3-4-8(5-6)11(2,9)10/h3-5H2,1-2H3. The second-order valence-corrected chi connectivity index (χ2v) is 5.24. The van der Waals surface area contributed by atoms with Gasteiger partial charge in [-0.15, -0.1) is 0 Å². The molecule has 1 aliphatic heterocycles. The van der Waals surface area contributed by atoms with E-state index < -0.39 is 15.7 Å². The lowest BCUT2D eigenvalue weighted by Gasteiger charge is -2.14. The van der Waals surface area contributed by atoms with E-state index in [9.17, 15) is 12.8 Å². The minimum Gasteiger partial charge on any atom is -0.243 e. The van der Waals surface area contributed by atoms with Crippen molar-refractivity contribution in [2.45, 2.75) is 19.0 Å². The van der Waals surface area contributed by atoms with Gasteiger partial charge in [-0.1, -0.05) is 0 Å². The molecule has 1 fully saturated rings. The van der Waals surface area contributed by atoms with Crippen LogP contribution in [0.5, 0.6) is 0 Å². The van der Waals surface area contributed by atoms with Gasteiger partial charge in [0.15, 0.2) is 0 Å². The molecule has 1 aliphatic rings. The molecule has 0 saturated carbocycles. The summed E-state index contributed by atoms with van der Waals surface area (Å²) in [6, 6.07) is 0. The van der Waals surface area contributed by atoms with Gasteiger partial charge in [-0.05, 0) is 13.3 Å². The van der Waals surface area contributed by atoms with Crippen LogP contribution in [0.2, 0.25) is 0 Å². The van der Waals surface area contributed by atoms with Gasteiger partial charge in [-0.25, -0.2) is 12.8 Å². The van der Waals surface area contributed by atoms with Crippen LogP contribution in [0, 0.1) is 0 Å². The van der Waals surface area contributed by atoms with Gasteiger partial charge in [0, 0.05) is 13.1 Å². The average Bonchev–Trinajstić information content (AvgIpc) is 2.07. The van der Waals surface area contributed by atoms with E-state index in [0.29, 0.717) is 13.0 Å². The molecule has 11 heavy (non-hydrogen) atoms. The Kier molecular flexibility index (Phi) is 1.96. The fraction of sp³-hybridized carbons (Fsp3) is 1.00. The Labute approximate surface area is 66.2 Å². The molecular formula is C6H12FNO2S. The Bertz CT molecular complexity index is 247. The molecule has 3 nitrogen and oxygen atoms in total. The van der Waals surface area contributed by atoms with Gasteiger partial charge in [-0.2, -0.15) is 4.31 Å². The number of hydrogen-bond acceptors (Lipinski definition) is 2. The summed E-state index contributed by atoms with van der Waals surface area (Å²) in [6.07, 6.45) is 1.41. The highest BCUT2D eigenvalue weighted by Crippen LogP contribution is 2.25. The van der Waals surface area contributed by atoms with E-state index in [1.54, 1.807) is 0 Å². The third-order valence-electron chi connectivity index (χ3n) is 1.86. The van der Waals surface area contributed by atoms with Gasteiger partial charge >= 0.3 is 0 Å². The van der Waals surface area contributed by atoms with Gasteiger partial charge in [0.1, 0.15) is 5.67 Å². The number of sulfonamides is 1. The molecule has 1 heterocycles. The van der Waals surface area contributed by atoms with Crippen molar-refractivity contribution in [3.05, 3.63) is 0 Å². The van der Waals surface area contributed by atoms with E-state index in [-0.39, 0.29) is 6.54 Å². The Balaban J connectivity index is 2.71. The molecule has 5 heteroatoms. The number of nitrogens with zero attached hydrogens (tertiary/aromatic N) is 1. The quantitative estimate of drug-likeness (QED) is 0.586. The highest BCUT2D eigenvalue weighted by Gasteiger charge is 2.37. The molecule has 0 N–H and O–H groups in total. The monoisotopic (exact) mass is 181 g/mol. The van der Waals surface area contributed by atoms with Gasteiger partial charge < -0.3 is 0 Å². The van der Waals surface area contributed by atoms with Crippen molar-refractivity contribution >= 4 is 10.0 Å². The normalized spacial score (nSPS) is 34.5. The maximum absolute atomic E-state index is 13.1. The maximum Gasteiger partial charge on any atom is 0.211 e. The van der Waals surface area contributed by atoms with Crippen molar-refractivity contribution in [2.75, 3.05) is 19.3 Å². The number of halogens is 1. The predicted molar refractivity (Wildman–Crippen MR) is 40.5 cm³/mol. The van der Waals surface area contributed by atoms with Crippen molar-refractivity contribution in [1.82, 2.24) is 4.31 Å². The molecule has 1 saturated heterocycles. The second kappa shape index (κ2) is 2.42. The van der Waals surface area contributed by atoms with E-state index >= 15 is 0 Å². The van der Waals surface area contributed by atoms with Crippen molar-refractivity contribution in [1.29, 1.82) is 0 Å². The first-order chi connectivity index (χ1) is 4.81. The fourth-order valence-electron chi connectivity index (χ4n) is 1.17. The van der Waals surface area contributed by atoms with Crippen molar-refractivity contribution in [3.8, 4) is 0 Å². The van der Waals surface area contributed by atoms with E-state index in [4.69, 9.17) is 0 Å². The zero-order chi connectivity index (χ0) is 8.70. The molecule has 0 aromatic carbocycles. The molecule has 66 valence electrons. The third kappa shape index (κ3) is 2.13. The zero-order valence-electron chi connectivity index (χ0n) is 6.67. The summed E-state index contributed by atoms with van der Waals surface area (Å²) in [7, 11) is -3.18. The van der Waals surface area contributed by atoms with Crippen LogP contribution in [-0.2, 0) is 10.0 Å². The summed E-state index contributed by atoms with van der Waals surface area (Å²) in [5.74, 6) is 0. The molecule has 0 bridgehead atoms. The lowest BCUT2D eigenvalue weighted by molar-refractivity contribution is 0.208. The topological polar surface area (TPSA) is 37.4 Å². The molecule has 0 aromatic rings. The lowest BCUT2D eigenvalue weighted by Crippen LogP contribution is -2.30. The van der Waals surface area contributed by atoms with Crippen LogP contribution in [-0.4, -0.2) is 37.7 Å². The summed E-state index contributed by atoms with van der Waals surface area (Å²) >= 11 is 0.